The maximum Gasteiger partial charge on any atom is 0.400 e. The Morgan fingerprint density at radius 3 is 1.87 bits per heavy atom. The van der Waals surface area contributed by atoms with Crippen LogP contribution in [0, 0.1) is 46.3 Å². The van der Waals surface area contributed by atoms with E-state index in [1.165, 1.54) is 18.2 Å². The molecule has 0 spiro atoms. The van der Waals surface area contributed by atoms with Crippen LogP contribution in [0.5, 0.6) is 5.75 Å². The van der Waals surface area contributed by atoms with Gasteiger partial charge in [-0.05, 0) is 73.6 Å². The molecule has 2 bridgehead atoms. The van der Waals surface area contributed by atoms with Crippen molar-refractivity contribution in [2.75, 3.05) is 19.8 Å². The lowest BCUT2D eigenvalue weighted by atomic mass is 9.77. The summed E-state index contributed by atoms with van der Waals surface area (Å²) in [5.41, 5.74) is -0.684. The molecule has 3 heterocycles. The number of alkyl halides is 2. The third-order valence-electron chi connectivity index (χ3n) is 9.52. The number of benzene rings is 3. The molecule has 0 radical (unpaired) electrons. The van der Waals surface area contributed by atoms with E-state index < -0.39 is 52.8 Å². The number of halogens is 7. The van der Waals surface area contributed by atoms with Crippen LogP contribution in [0.15, 0.2) is 48.5 Å². The fourth-order valence-corrected chi connectivity index (χ4v) is 6.78. The van der Waals surface area contributed by atoms with Crippen LogP contribution >= 0.6 is 0 Å². The summed E-state index contributed by atoms with van der Waals surface area (Å²) in [6.07, 6.45) is 1.73. The molecule has 4 aliphatic rings. The first kappa shape index (κ1) is 32.8. The van der Waals surface area contributed by atoms with Crippen molar-refractivity contribution in [1.29, 1.82) is 0 Å². The standard InChI is InChI=1S/C35H35F7O4/c1-2-3-4-13-33-18-43-35(44-19-33,45-20-33)24-8-6-23(7-9-24)34(41,42)46-25-10-12-26(29(37)17-25)21-5-11-27(28(36)14-21)22-15-30(38)32(40)31(39)16-22/h5,10-12,14-17,23-24H,2-4,6-9,13,18-20H2,1H3. The molecule has 7 rings (SSSR count). The van der Waals surface area contributed by atoms with Gasteiger partial charge in [-0.15, -0.1) is 0 Å². The monoisotopic (exact) mass is 652 g/mol. The third-order valence-corrected chi connectivity index (χ3v) is 9.52. The fourth-order valence-electron chi connectivity index (χ4n) is 6.78. The largest absolute Gasteiger partial charge is 0.432 e. The third kappa shape index (κ3) is 6.38. The summed E-state index contributed by atoms with van der Waals surface area (Å²) in [6.45, 7) is 3.74. The Labute approximate surface area is 262 Å². The predicted molar refractivity (Wildman–Crippen MR) is 155 cm³/mol. The SMILES string of the molecule is CCCCCC12COC(C3CCC(C(F)(F)Oc4ccc(-c5ccc(-c6cc(F)c(F)c(F)c6)c(F)c5)c(F)c4)CC3)(OC1)OC2. The second-order valence-electron chi connectivity index (χ2n) is 12.7. The van der Waals surface area contributed by atoms with Gasteiger partial charge in [-0.1, -0.05) is 38.3 Å². The summed E-state index contributed by atoms with van der Waals surface area (Å²) >= 11 is 0. The summed E-state index contributed by atoms with van der Waals surface area (Å²) < 4.78 is 124. The highest BCUT2D eigenvalue weighted by molar-refractivity contribution is 5.72. The van der Waals surface area contributed by atoms with E-state index in [2.05, 4.69) is 6.92 Å². The lowest BCUT2D eigenvalue weighted by Gasteiger charge is -2.55. The zero-order chi connectivity index (χ0) is 32.7. The predicted octanol–water partition coefficient (Wildman–Crippen LogP) is 9.79. The van der Waals surface area contributed by atoms with Gasteiger partial charge in [-0.25, -0.2) is 22.0 Å². The maximum absolute atomic E-state index is 15.3. The summed E-state index contributed by atoms with van der Waals surface area (Å²) in [6, 6.07) is 7.84. The number of hydrogen-bond acceptors (Lipinski definition) is 4. The number of hydrogen-bond donors (Lipinski definition) is 0. The van der Waals surface area contributed by atoms with E-state index >= 15 is 13.2 Å². The van der Waals surface area contributed by atoms with Crippen molar-refractivity contribution in [3.05, 3.63) is 77.6 Å². The highest BCUT2D eigenvalue weighted by atomic mass is 19.3. The van der Waals surface area contributed by atoms with Crippen molar-refractivity contribution in [3.8, 4) is 28.0 Å². The summed E-state index contributed by atoms with van der Waals surface area (Å²) in [4.78, 5) is 0. The number of fused-ring (bicyclic) bond motifs is 3. The second-order valence-corrected chi connectivity index (χ2v) is 12.7. The minimum absolute atomic E-state index is 0.0492. The lowest BCUT2D eigenvalue weighted by molar-refractivity contribution is -0.489. The number of ether oxygens (including phenoxy) is 4. The van der Waals surface area contributed by atoms with Crippen molar-refractivity contribution in [1.82, 2.24) is 0 Å². The molecule has 4 nitrogen and oxygen atoms in total. The van der Waals surface area contributed by atoms with Crippen molar-refractivity contribution < 1.29 is 49.7 Å². The lowest BCUT2D eigenvalue weighted by Crippen LogP contribution is -2.63. The van der Waals surface area contributed by atoms with E-state index in [1.54, 1.807) is 0 Å². The summed E-state index contributed by atoms with van der Waals surface area (Å²) in [5, 5.41) is 0. The van der Waals surface area contributed by atoms with Crippen molar-refractivity contribution in [2.45, 2.75) is 70.4 Å². The Kier molecular flexibility index (Phi) is 9.12. The minimum atomic E-state index is -3.58. The van der Waals surface area contributed by atoms with Crippen LogP contribution in [0.25, 0.3) is 22.3 Å². The molecule has 3 aromatic carbocycles. The average molecular weight is 653 g/mol. The van der Waals surface area contributed by atoms with Gasteiger partial charge in [-0.2, -0.15) is 8.78 Å². The van der Waals surface area contributed by atoms with Crippen LogP contribution in [0.2, 0.25) is 0 Å². The first-order valence-electron chi connectivity index (χ1n) is 15.7. The average Bonchev–Trinajstić information content (AvgIpc) is 3.04. The van der Waals surface area contributed by atoms with E-state index in [0.717, 1.165) is 43.9 Å². The van der Waals surface area contributed by atoms with Gasteiger partial charge in [0.1, 0.15) is 17.4 Å². The Morgan fingerprint density at radius 1 is 0.717 bits per heavy atom. The molecule has 1 saturated carbocycles. The normalized spacial score (nSPS) is 26.3. The van der Waals surface area contributed by atoms with E-state index in [9.17, 15) is 17.6 Å². The topological polar surface area (TPSA) is 36.9 Å². The van der Waals surface area contributed by atoms with Gasteiger partial charge < -0.3 is 18.9 Å². The zero-order valence-electron chi connectivity index (χ0n) is 25.3. The van der Waals surface area contributed by atoms with Gasteiger partial charge in [-0.3, -0.25) is 0 Å². The molecular formula is C35H35F7O4. The smallest absolute Gasteiger partial charge is 0.400 e. The molecule has 3 aromatic rings. The molecular weight excluding hydrogens is 617 g/mol. The zero-order valence-corrected chi connectivity index (χ0v) is 25.3. The van der Waals surface area contributed by atoms with Gasteiger partial charge in [0, 0.05) is 28.5 Å². The van der Waals surface area contributed by atoms with Crippen molar-refractivity contribution in [2.24, 2.45) is 17.3 Å². The highest BCUT2D eigenvalue weighted by Gasteiger charge is 2.57. The number of rotatable bonds is 10. The van der Waals surface area contributed by atoms with E-state index in [-0.39, 0.29) is 46.4 Å². The summed E-state index contributed by atoms with van der Waals surface area (Å²) in [5.74, 6) is -9.44. The first-order valence-corrected chi connectivity index (χ1v) is 15.7. The molecule has 3 saturated heterocycles. The van der Waals surface area contributed by atoms with Crippen LogP contribution in [-0.2, 0) is 14.2 Å². The fraction of sp³-hybridized carbons (Fsp3) is 0.486. The molecule has 11 heteroatoms. The Hall–Kier alpha value is -3.15. The molecule has 0 unspecified atom stereocenters. The van der Waals surface area contributed by atoms with Gasteiger partial charge in [0.05, 0.1) is 25.7 Å². The van der Waals surface area contributed by atoms with Crippen molar-refractivity contribution in [3.63, 3.8) is 0 Å². The van der Waals surface area contributed by atoms with E-state index in [1.807, 2.05) is 0 Å². The quantitative estimate of drug-likeness (QED) is 0.124. The molecule has 4 fully saturated rings. The van der Waals surface area contributed by atoms with Crippen LogP contribution in [-0.4, -0.2) is 31.9 Å². The first-order chi connectivity index (χ1) is 21.9. The van der Waals surface area contributed by atoms with Gasteiger partial charge in [0.25, 0.3) is 5.97 Å². The van der Waals surface area contributed by atoms with Gasteiger partial charge >= 0.3 is 6.11 Å². The minimum Gasteiger partial charge on any atom is -0.432 e. The Balaban J connectivity index is 1.07. The van der Waals surface area contributed by atoms with Gasteiger partial charge in [0.2, 0.25) is 0 Å². The van der Waals surface area contributed by atoms with Crippen molar-refractivity contribution >= 4 is 0 Å². The molecule has 0 N–H and O–H groups in total. The second kappa shape index (κ2) is 12.8. The molecule has 0 amide bonds. The molecule has 0 atom stereocenters. The van der Waals surface area contributed by atoms with Crippen LogP contribution in [0.3, 0.4) is 0 Å². The van der Waals surface area contributed by atoms with Crippen LogP contribution in [0.4, 0.5) is 30.7 Å². The van der Waals surface area contributed by atoms with Crippen LogP contribution in [0.1, 0.15) is 58.3 Å². The number of unbranched alkanes of at least 4 members (excludes halogenated alkanes) is 2. The summed E-state index contributed by atoms with van der Waals surface area (Å²) in [7, 11) is 0. The molecule has 1 aliphatic carbocycles. The van der Waals surface area contributed by atoms with E-state index in [0.29, 0.717) is 44.8 Å². The Bertz CT molecular complexity index is 1520. The molecule has 46 heavy (non-hydrogen) atoms. The molecule has 248 valence electrons. The highest BCUT2D eigenvalue weighted by Crippen LogP contribution is 2.50. The van der Waals surface area contributed by atoms with Crippen LogP contribution < -0.4 is 4.74 Å². The maximum atomic E-state index is 15.3. The Morgan fingerprint density at radius 2 is 1.28 bits per heavy atom. The molecule has 0 aromatic heterocycles. The van der Waals surface area contributed by atoms with E-state index in [4.69, 9.17) is 18.9 Å². The molecule has 3 aliphatic heterocycles. The van der Waals surface area contributed by atoms with Gasteiger partial charge in [0.15, 0.2) is 17.5 Å².